The van der Waals surface area contributed by atoms with Crippen LogP contribution in [0, 0.1) is 10.1 Å². The van der Waals surface area contributed by atoms with Crippen molar-refractivity contribution in [2.75, 3.05) is 6.61 Å². The van der Waals surface area contributed by atoms with E-state index in [0.29, 0.717) is 0 Å². The number of halogens is 2. The number of aliphatic hydroxyl groups is 2. The van der Waals surface area contributed by atoms with Crippen molar-refractivity contribution in [3.05, 3.63) is 39.8 Å². The smallest absolute Gasteiger partial charge is 0.269 e. The highest BCUT2D eigenvalue weighted by Crippen LogP contribution is 2.20. The van der Waals surface area contributed by atoms with Crippen molar-refractivity contribution in [2.45, 2.75) is 17.0 Å². The quantitative estimate of drug-likeness (QED) is 0.408. The maximum Gasteiger partial charge on any atom is 0.269 e. The molecule has 0 aliphatic carbocycles. The van der Waals surface area contributed by atoms with Gasteiger partial charge in [0.25, 0.3) is 11.6 Å². The summed E-state index contributed by atoms with van der Waals surface area (Å²) in [6, 6.07) is -6.16. The molecule has 7 nitrogen and oxygen atoms in total. The van der Waals surface area contributed by atoms with Gasteiger partial charge in [0.1, 0.15) is 6.08 Å². The molecule has 0 saturated carbocycles. The lowest BCUT2D eigenvalue weighted by atomic mass is 10.0. The number of aliphatic hydroxyl groups excluding tert-OH is 1. The summed E-state index contributed by atoms with van der Waals surface area (Å²) in [6.45, 7) is -1.05. The van der Waals surface area contributed by atoms with E-state index in [4.69, 9.17) is 30.1 Å². The molecule has 0 aliphatic heterocycles. The number of rotatable bonds is 6. The predicted octanol–water partition coefficient (Wildman–Crippen LogP) is 0.909. The zero-order valence-corrected chi connectivity index (χ0v) is 11.2. The van der Waals surface area contributed by atoms with Crippen molar-refractivity contribution in [3.8, 4) is 0 Å². The third-order valence-electron chi connectivity index (χ3n) is 2.08. The first-order valence-electron chi connectivity index (χ1n) is 7.54. The zero-order valence-electron chi connectivity index (χ0n) is 14.7. The lowest BCUT2D eigenvalue weighted by Crippen LogP contribution is -2.44. The van der Waals surface area contributed by atoms with Crippen LogP contribution < -0.4 is 5.32 Å². The van der Waals surface area contributed by atoms with Crippen molar-refractivity contribution in [3.63, 3.8) is 0 Å². The molecule has 0 aromatic heterocycles. The molecule has 1 amide bonds. The van der Waals surface area contributed by atoms with Gasteiger partial charge in [-0.1, -0.05) is 23.2 Å². The molecule has 110 valence electrons. The first-order chi connectivity index (χ1) is 11.4. The highest BCUT2D eigenvalue weighted by atomic mass is 35.5. The Morgan fingerprint density at radius 2 is 2.05 bits per heavy atom. The van der Waals surface area contributed by atoms with Crippen LogP contribution in [0.1, 0.15) is 18.5 Å². The van der Waals surface area contributed by atoms with Crippen molar-refractivity contribution in [1.29, 1.82) is 0 Å². The van der Waals surface area contributed by atoms with Crippen molar-refractivity contribution in [2.24, 2.45) is 0 Å². The number of carbonyl (C=O) groups excluding carboxylic acids is 1. The van der Waals surface area contributed by atoms with Crippen LogP contribution in [-0.2, 0) is 4.79 Å². The normalized spacial score (nSPS) is 18.9. The van der Waals surface area contributed by atoms with Crippen molar-refractivity contribution >= 4 is 34.8 Å². The van der Waals surface area contributed by atoms with E-state index in [9.17, 15) is 25.1 Å². The van der Waals surface area contributed by atoms with Gasteiger partial charge >= 0.3 is 0 Å². The molecule has 3 N–H and O–H groups in total. The second-order valence-electron chi connectivity index (χ2n) is 3.41. The fraction of sp³-hybridized carbons (Fsp3) is 0.364. The van der Waals surface area contributed by atoms with Crippen LogP contribution in [0.4, 0.5) is 5.69 Å². The number of nitrogens with one attached hydrogen (secondary N) is 1. The summed E-state index contributed by atoms with van der Waals surface area (Å²) in [5.74, 6) is -1.09. The van der Waals surface area contributed by atoms with E-state index >= 15 is 0 Å². The molecule has 2 unspecified atom stereocenters. The number of nitro groups is 1. The van der Waals surface area contributed by atoms with Gasteiger partial charge < -0.3 is 15.5 Å². The number of hydrogen-bond acceptors (Lipinski definition) is 5. The molecule has 0 radical (unpaired) electrons. The molecule has 0 bridgehead atoms. The number of carbonyl (C=O) groups is 1. The Bertz CT molecular complexity index is 690. The minimum Gasteiger partial charge on any atom is -0.394 e. The second kappa shape index (κ2) is 7.39. The van der Waals surface area contributed by atoms with E-state index in [-0.39, 0.29) is 0 Å². The van der Waals surface area contributed by atoms with Gasteiger partial charge in [-0.2, -0.15) is 0 Å². The van der Waals surface area contributed by atoms with E-state index in [1.807, 2.05) is 5.32 Å². The SMILES string of the molecule is [2H]c1c([2H])c(C([2H])(O)C(CO)NC(=O)C(Cl)Cl)c([2H])c([2H])c1[N+](=O)[O-]. The van der Waals surface area contributed by atoms with Gasteiger partial charge in [0, 0.05) is 12.1 Å². The van der Waals surface area contributed by atoms with Crippen molar-refractivity contribution < 1.29 is 26.8 Å². The van der Waals surface area contributed by atoms with Gasteiger partial charge in [-0.3, -0.25) is 14.9 Å². The first kappa shape index (κ1) is 10.3. The number of alkyl halides is 2. The fourth-order valence-electron chi connectivity index (χ4n) is 1.13. The van der Waals surface area contributed by atoms with Gasteiger partial charge in [-0.05, 0) is 17.6 Å². The predicted molar refractivity (Wildman–Crippen MR) is 72.6 cm³/mol. The van der Waals surface area contributed by atoms with Gasteiger partial charge in [-0.15, -0.1) is 0 Å². The summed E-state index contributed by atoms with van der Waals surface area (Å²) >= 11 is 10.6. The van der Waals surface area contributed by atoms with E-state index in [2.05, 4.69) is 0 Å². The Morgan fingerprint density at radius 3 is 2.45 bits per heavy atom. The maximum atomic E-state index is 11.5. The Balaban J connectivity index is 3.57. The minimum atomic E-state index is -3.07. The number of benzene rings is 1. The third kappa shape index (κ3) is 4.31. The number of nitrogens with zero attached hydrogens (tertiary/aromatic N) is 1. The number of nitro benzene ring substituents is 1. The summed E-state index contributed by atoms with van der Waals surface area (Å²) in [4.78, 5) is 19.6. The Morgan fingerprint density at radius 1 is 1.50 bits per heavy atom. The minimum absolute atomic E-state index is 0.965. The van der Waals surface area contributed by atoms with Gasteiger partial charge in [-0.25, -0.2) is 0 Å². The van der Waals surface area contributed by atoms with Crippen LogP contribution in [0.25, 0.3) is 0 Å². The molecule has 0 fully saturated rings. The van der Waals surface area contributed by atoms with Gasteiger partial charge in [0.15, 0.2) is 4.84 Å². The fourth-order valence-corrected chi connectivity index (χ4v) is 1.26. The summed E-state index contributed by atoms with van der Waals surface area (Å²) < 4.78 is 38.5. The molecular weight excluding hydrogens is 311 g/mol. The Labute approximate surface area is 131 Å². The summed E-state index contributed by atoms with van der Waals surface area (Å²) in [5, 5.41) is 32.5. The average molecular weight is 328 g/mol. The van der Waals surface area contributed by atoms with E-state index in [1.54, 1.807) is 0 Å². The monoisotopic (exact) mass is 327 g/mol. The van der Waals surface area contributed by atoms with Crippen LogP contribution in [-0.4, -0.2) is 38.5 Å². The molecule has 1 aromatic rings. The third-order valence-corrected chi connectivity index (χ3v) is 2.47. The van der Waals surface area contributed by atoms with Crippen LogP contribution in [0.5, 0.6) is 0 Å². The van der Waals surface area contributed by atoms with E-state index in [1.165, 1.54) is 0 Å². The van der Waals surface area contributed by atoms with Gasteiger partial charge in [0.2, 0.25) is 0 Å². The molecule has 0 heterocycles. The molecule has 0 spiro atoms. The topological polar surface area (TPSA) is 113 Å². The molecular formula is C11H12Cl2N2O5. The van der Waals surface area contributed by atoms with E-state index < -0.39 is 69.8 Å². The first-order valence-corrected chi connectivity index (χ1v) is 5.92. The molecule has 9 heteroatoms. The maximum absolute atomic E-state index is 11.5. The lowest BCUT2D eigenvalue weighted by Gasteiger charge is -2.22. The lowest BCUT2D eigenvalue weighted by molar-refractivity contribution is -0.384. The summed E-state index contributed by atoms with van der Waals surface area (Å²) in [5.41, 5.74) is -2.10. The van der Waals surface area contributed by atoms with Crippen LogP contribution >= 0.6 is 23.2 Å². The zero-order chi connectivity index (χ0) is 19.7. The molecule has 1 rings (SSSR count). The standard InChI is InChI=1S/C11H12Cl2N2O5/c12-10(13)11(18)14-8(5-16)9(17)6-1-3-7(4-2-6)15(19)20/h1-4,8-10,16-17H,5H2,(H,14,18)/i1D,2D,3D,4D,9D. The number of amides is 1. The van der Waals surface area contributed by atoms with Crippen molar-refractivity contribution in [1.82, 2.24) is 5.32 Å². The Hall–Kier alpha value is -1.41. The molecule has 0 saturated heterocycles. The molecule has 20 heavy (non-hydrogen) atoms. The highest BCUT2D eigenvalue weighted by Gasteiger charge is 2.24. The molecule has 1 aromatic carbocycles. The molecule has 0 aliphatic rings. The Kier molecular flexibility index (Phi) is 3.82. The second-order valence-corrected chi connectivity index (χ2v) is 4.51. The van der Waals surface area contributed by atoms with Gasteiger partial charge in [0.05, 0.1) is 24.4 Å². The summed E-state index contributed by atoms with van der Waals surface area (Å²) in [6.07, 6.45) is -3.07. The largest absolute Gasteiger partial charge is 0.394 e. The van der Waals surface area contributed by atoms with Crippen LogP contribution in [0.2, 0.25) is 0 Å². The average Bonchev–Trinajstić information content (AvgIpc) is 2.49. The highest BCUT2D eigenvalue weighted by molar-refractivity contribution is 6.53. The number of hydrogen-bond donors (Lipinski definition) is 3. The summed E-state index contributed by atoms with van der Waals surface area (Å²) in [7, 11) is 0. The van der Waals surface area contributed by atoms with Crippen LogP contribution in [0.3, 0.4) is 0 Å². The van der Waals surface area contributed by atoms with Crippen LogP contribution in [0.15, 0.2) is 24.2 Å². The molecule has 2 atom stereocenters. The van der Waals surface area contributed by atoms with E-state index in [0.717, 1.165) is 0 Å².